The third kappa shape index (κ3) is 5.50. The van der Waals surface area contributed by atoms with Gasteiger partial charge in [0.25, 0.3) is 0 Å². The highest BCUT2D eigenvalue weighted by molar-refractivity contribution is 5.81. The summed E-state index contributed by atoms with van der Waals surface area (Å²) in [6.45, 7) is 7.79. The summed E-state index contributed by atoms with van der Waals surface area (Å²) in [4.78, 5) is 17.9. The predicted octanol–water partition coefficient (Wildman–Crippen LogP) is 1.10. The molecular weight excluding hydrogens is 402 g/mol. The third-order valence-corrected chi connectivity index (χ3v) is 4.86. The van der Waals surface area contributed by atoms with E-state index >= 15 is 0 Å². The van der Waals surface area contributed by atoms with Gasteiger partial charge in [0, 0.05) is 26.2 Å². The van der Waals surface area contributed by atoms with E-state index in [1.165, 1.54) is 0 Å². The van der Waals surface area contributed by atoms with Crippen molar-refractivity contribution in [1.82, 2.24) is 15.0 Å². The van der Waals surface area contributed by atoms with E-state index in [4.69, 9.17) is 14.2 Å². The minimum absolute atomic E-state index is 0.0923. The zero-order valence-corrected chi connectivity index (χ0v) is 17.5. The molecule has 2 N–H and O–H groups in total. The molecule has 1 aromatic heterocycles. The summed E-state index contributed by atoms with van der Waals surface area (Å²) in [7, 11) is 0. The number of aromatic hydroxyl groups is 1. The number of nitrogens with one attached hydrogen (secondary N) is 1. The van der Waals surface area contributed by atoms with E-state index in [9.17, 15) is 5.11 Å². The molecule has 1 aromatic carbocycles. The van der Waals surface area contributed by atoms with Crippen LogP contribution in [0.5, 0.6) is 11.5 Å². The number of aromatic nitrogens is 3. The van der Waals surface area contributed by atoms with Crippen LogP contribution in [0.25, 0.3) is 0 Å². The van der Waals surface area contributed by atoms with Gasteiger partial charge in [-0.3, -0.25) is 0 Å². The lowest BCUT2D eigenvalue weighted by atomic mass is 10.2. The largest absolute Gasteiger partial charge is 0.504 e. The number of hydrogen-bond acceptors (Lipinski definition) is 11. The lowest BCUT2D eigenvalue weighted by Gasteiger charge is -2.30. The molecule has 0 atom stereocenters. The first-order valence-corrected chi connectivity index (χ1v) is 10.4. The van der Waals surface area contributed by atoms with E-state index in [0.717, 1.165) is 31.7 Å². The van der Waals surface area contributed by atoms with Gasteiger partial charge in [0.15, 0.2) is 11.5 Å². The van der Waals surface area contributed by atoms with E-state index < -0.39 is 0 Å². The van der Waals surface area contributed by atoms with Gasteiger partial charge in [-0.2, -0.15) is 20.1 Å². The van der Waals surface area contributed by atoms with E-state index in [1.807, 2.05) is 6.92 Å². The molecular formula is C20H27N7O4. The molecule has 0 aliphatic carbocycles. The molecule has 2 saturated heterocycles. The highest BCUT2D eigenvalue weighted by Crippen LogP contribution is 2.26. The SMILES string of the molecule is CCOc1cc(/C=N\Nc2nc(N3CCOCC3)nc(N3CCOCC3)n2)ccc1O. The summed E-state index contributed by atoms with van der Waals surface area (Å²) < 4.78 is 16.3. The molecule has 4 rings (SSSR count). The zero-order valence-electron chi connectivity index (χ0n) is 17.5. The average Bonchev–Trinajstić information content (AvgIpc) is 2.82. The Hall–Kier alpha value is -3.18. The predicted molar refractivity (Wildman–Crippen MR) is 116 cm³/mol. The molecule has 11 heteroatoms. The molecule has 3 heterocycles. The van der Waals surface area contributed by atoms with E-state index in [-0.39, 0.29) is 5.75 Å². The summed E-state index contributed by atoms with van der Waals surface area (Å²) in [6, 6.07) is 5.03. The molecule has 0 bridgehead atoms. The number of rotatable bonds is 7. The minimum atomic E-state index is 0.0923. The molecule has 0 spiro atoms. The number of ether oxygens (including phenoxy) is 3. The lowest BCUT2D eigenvalue weighted by Crippen LogP contribution is -2.40. The van der Waals surface area contributed by atoms with Crippen LogP contribution in [0, 0.1) is 0 Å². The van der Waals surface area contributed by atoms with E-state index in [1.54, 1.807) is 24.4 Å². The zero-order chi connectivity index (χ0) is 21.5. The Balaban J connectivity index is 1.53. The molecule has 0 saturated carbocycles. The summed E-state index contributed by atoms with van der Waals surface area (Å²) >= 11 is 0. The summed E-state index contributed by atoms with van der Waals surface area (Å²) in [6.07, 6.45) is 1.62. The van der Waals surface area contributed by atoms with Gasteiger partial charge in [-0.1, -0.05) is 0 Å². The van der Waals surface area contributed by atoms with Gasteiger partial charge >= 0.3 is 0 Å². The van der Waals surface area contributed by atoms with Crippen molar-refractivity contribution >= 4 is 24.1 Å². The maximum atomic E-state index is 9.84. The molecule has 2 fully saturated rings. The van der Waals surface area contributed by atoms with Crippen molar-refractivity contribution in [2.45, 2.75) is 6.92 Å². The second-order valence-corrected chi connectivity index (χ2v) is 6.99. The van der Waals surface area contributed by atoms with Gasteiger partial charge in [-0.25, -0.2) is 5.43 Å². The Kier molecular flexibility index (Phi) is 6.95. The van der Waals surface area contributed by atoms with Gasteiger partial charge in [0.05, 0.1) is 39.2 Å². The summed E-state index contributed by atoms with van der Waals surface area (Å²) in [5.41, 5.74) is 3.67. The summed E-state index contributed by atoms with van der Waals surface area (Å²) in [5.74, 6) is 2.06. The van der Waals surface area contributed by atoms with Crippen LogP contribution in [0.3, 0.4) is 0 Å². The maximum absolute atomic E-state index is 9.84. The lowest BCUT2D eigenvalue weighted by molar-refractivity contribution is 0.121. The first-order valence-electron chi connectivity index (χ1n) is 10.4. The first kappa shape index (κ1) is 21.1. The maximum Gasteiger partial charge on any atom is 0.250 e. The fourth-order valence-corrected chi connectivity index (χ4v) is 3.26. The van der Waals surface area contributed by atoms with Crippen LogP contribution in [0.1, 0.15) is 12.5 Å². The monoisotopic (exact) mass is 429 g/mol. The molecule has 11 nitrogen and oxygen atoms in total. The standard InChI is InChI=1S/C20H27N7O4/c1-2-31-17-13-15(3-4-16(17)28)14-21-25-18-22-19(26-5-9-29-10-6-26)24-20(23-18)27-7-11-30-12-8-27/h3-4,13-14,28H,2,5-12H2,1H3,(H,22,23,24,25)/b21-14-. The topological polar surface area (TPSA) is 117 Å². The van der Waals surface area contributed by atoms with Crippen LogP contribution in [0.15, 0.2) is 23.3 Å². The smallest absolute Gasteiger partial charge is 0.250 e. The van der Waals surface area contributed by atoms with Crippen molar-refractivity contribution in [2.75, 3.05) is 74.4 Å². The molecule has 2 aromatic rings. The van der Waals surface area contributed by atoms with Crippen molar-refractivity contribution < 1.29 is 19.3 Å². The van der Waals surface area contributed by atoms with Crippen LogP contribution >= 0.6 is 0 Å². The van der Waals surface area contributed by atoms with Crippen LogP contribution in [0.4, 0.5) is 17.8 Å². The molecule has 0 amide bonds. The van der Waals surface area contributed by atoms with Gasteiger partial charge in [0.2, 0.25) is 17.8 Å². The van der Waals surface area contributed by atoms with Gasteiger partial charge in [0.1, 0.15) is 0 Å². The Morgan fingerprint density at radius 2 is 1.65 bits per heavy atom. The van der Waals surface area contributed by atoms with Crippen LogP contribution in [-0.4, -0.2) is 85.5 Å². The van der Waals surface area contributed by atoms with Crippen LogP contribution < -0.4 is 20.0 Å². The summed E-state index contributed by atoms with van der Waals surface area (Å²) in [5, 5.41) is 14.1. The molecule has 2 aliphatic rings. The first-order chi connectivity index (χ1) is 15.2. The number of anilines is 3. The fourth-order valence-electron chi connectivity index (χ4n) is 3.26. The molecule has 2 aliphatic heterocycles. The molecule has 0 radical (unpaired) electrons. The van der Waals surface area contributed by atoms with Crippen LogP contribution in [0.2, 0.25) is 0 Å². The quantitative estimate of drug-likeness (QED) is 0.489. The van der Waals surface area contributed by atoms with Crippen molar-refractivity contribution in [3.8, 4) is 11.5 Å². The Bertz CT molecular complexity index is 863. The number of morpholine rings is 2. The molecule has 0 unspecified atom stereocenters. The van der Waals surface area contributed by atoms with Crippen molar-refractivity contribution in [3.63, 3.8) is 0 Å². The highest BCUT2D eigenvalue weighted by Gasteiger charge is 2.20. The number of hydrogen-bond donors (Lipinski definition) is 2. The van der Waals surface area contributed by atoms with Crippen molar-refractivity contribution in [3.05, 3.63) is 23.8 Å². The number of nitrogens with zero attached hydrogens (tertiary/aromatic N) is 6. The van der Waals surface area contributed by atoms with Gasteiger partial charge in [-0.15, -0.1) is 0 Å². The Labute approximate surface area is 180 Å². The molecule has 31 heavy (non-hydrogen) atoms. The highest BCUT2D eigenvalue weighted by atomic mass is 16.5. The second-order valence-electron chi connectivity index (χ2n) is 6.99. The van der Waals surface area contributed by atoms with Gasteiger partial charge in [-0.05, 0) is 30.7 Å². The van der Waals surface area contributed by atoms with Gasteiger partial charge < -0.3 is 29.1 Å². The number of phenolic OH excluding ortho intramolecular Hbond substituents is 1. The minimum Gasteiger partial charge on any atom is -0.504 e. The Morgan fingerprint density at radius 1 is 1.03 bits per heavy atom. The van der Waals surface area contributed by atoms with Crippen LogP contribution in [-0.2, 0) is 9.47 Å². The number of hydrazone groups is 1. The second kappa shape index (κ2) is 10.2. The van der Waals surface area contributed by atoms with E-state index in [2.05, 4.69) is 35.3 Å². The fraction of sp³-hybridized carbons (Fsp3) is 0.500. The Morgan fingerprint density at radius 3 is 2.23 bits per heavy atom. The van der Waals surface area contributed by atoms with Crippen molar-refractivity contribution in [2.24, 2.45) is 5.10 Å². The van der Waals surface area contributed by atoms with E-state index in [0.29, 0.717) is 56.6 Å². The third-order valence-electron chi connectivity index (χ3n) is 4.86. The molecule has 166 valence electrons. The van der Waals surface area contributed by atoms with Crippen molar-refractivity contribution in [1.29, 1.82) is 0 Å². The number of phenols is 1. The average molecular weight is 429 g/mol. The number of benzene rings is 1. The normalized spacial score (nSPS) is 17.2.